The van der Waals surface area contributed by atoms with E-state index in [2.05, 4.69) is 0 Å². The van der Waals surface area contributed by atoms with Crippen molar-refractivity contribution in [2.45, 2.75) is 0 Å². The minimum Gasteiger partial charge on any atom is -0.472 e. The predicted molar refractivity (Wildman–Crippen MR) is 77.3 cm³/mol. The normalized spacial score (nSPS) is 10.5. The summed E-state index contributed by atoms with van der Waals surface area (Å²) in [5.41, 5.74) is 0.815. The summed E-state index contributed by atoms with van der Waals surface area (Å²) >= 11 is 0. The zero-order valence-corrected chi connectivity index (χ0v) is 11.1. The Labute approximate surface area is 120 Å². The van der Waals surface area contributed by atoms with Crippen LogP contribution in [-0.4, -0.2) is 18.4 Å². The number of carbonyl (C=O) groups is 2. The number of rotatable bonds is 4. The molecule has 1 heterocycles. The molecule has 0 bridgehead atoms. The molecular weight excluding hydrogens is 268 g/mol. The molecule has 4 heteroatoms. The minimum absolute atomic E-state index is 0.238. The van der Waals surface area contributed by atoms with Gasteiger partial charge in [0.05, 0.1) is 11.8 Å². The number of furan rings is 1. The molecule has 0 unspecified atom stereocenters. The predicted octanol–water partition coefficient (Wildman–Crippen LogP) is 3.47. The molecule has 0 fully saturated rings. The second-order valence-corrected chi connectivity index (χ2v) is 4.57. The monoisotopic (exact) mass is 280 g/mol. The maximum Gasteiger partial charge on any atom is 0.341 e. The lowest BCUT2D eigenvalue weighted by molar-refractivity contribution is 0.0474. The fourth-order valence-corrected chi connectivity index (χ4v) is 2.04. The van der Waals surface area contributed by atoms with Crippen LogP contribution in [0.15, 0.2) is 65.5 Å². The standard InChI is InChI=1S/C17H12O4/c18-16(11-21-17(19)15-7-8-20-10-15)14-6-5-12-3-1-2-4-13(12)9-14/h1-10H,11H2. The van der Waals surface area contributed by atoms with Crippen LogP contribution in [0.4, 0.5) is 0 Å². The molecule has 21 heavy (non-hydrogen) atoms. The van der Waals surface area contributed by atoms with Gasteiger partial charge in [0.2, 0.25) is 0 Å². The van der Waals surface area contributed by atoms with E-state index in [1.807, 2.05) is 30.3 Å². The van der Waals surface area contributed by atoms with E-state index in [-0.39, 0.29) is 12.4 Å². The van der Waals surface area contributed by atoms with E-state index >= 15 is 0 Å². The van der Waals surface area contributed by atoms with Crippen molar-refractivity contribution in [3.05, 3.63) is 72.2 Å². The van der Waals surface area contributed by atoms with Gasteiger partial charge >= 0.3 is 5.97 Å². The topological polar surface area (TPSA) is 56.5 Å². The lowest BCUT2D eigenvalue weighted by Gasteiger charge is -2.04. The highest BCUT2D eigenvalue weighted by Crippen LogP contribution is 2.16. The molecule has 3 aromatic rings. The maximum atomic E-state index is 12.1. The van der Waals surface area contributed by atoms with Crippen LogP contribution in [0, 0.1) is 0 Å². The fraction of sp³-hybridized carbons (Fsp3) is 0.0588. The Kier molecular flexibility index (Phi) is 3.51. The zero-order valence-electron chi connectivity index (χ0n) is 11.1. The van der Waals surface area contributed by atoms with E-state index in [4.69, 9.17) is 9.15 Å². The summed E-state index contributed by atoms with van der Waals surface area (Å²) < 4.78 is 9.76. The van der Waals surface area contributed by atoms with E-state index in [0.29, 0.717) is 11.1 Å². The lowest BCUT2D eigenvalue weighted by atomic mass is 10.0. The molecule has 104 valence electrons. The van der Waals surface area contributed by atoms with Crippen LogP contribution in [-0.2, 0) is 4.74 Å². The van der Waals surface area contributed by atoms with Crippen LogP contribution in [0.3, 0.4) is 0 Å². The van der Waals surface area contributed by atoms with Gasteiger partial charge in [-0.1, -0.05) is 36.4 Å². The van der Waals surface area contributed by atoms with Gasteiger partial charge in [0.15, 0.2) is 12.4 Å². The van der Waals surface area contributed by atoms with E-state index in [1.54, 1.807) is 12.1 Å². The van der Waals surface area contributed by atoms with Gasteiger partial charge < -0.3 is 9.15 Å². The van der Waals surface area contributed by atoms with Crippen LogP contribution in [0.25, 0.3) is 10.8 Å². The van der Waals surface area contributed by atoms with Gasteiger partial charge in [0.1, 0.15) is 6.26 Å². The highest BCUT2D eigenvalue weighted by molar-refractivity contribution is 6.02. The quantitative estimate of drug-likeness (QED) is 0.542. The third-order valence-corrected chi connectivity index (χ3v) is 3.16. The first-order chi connectivity index (χ1) is 10.2. The van der Waals surface area contributed by atoms with Crippen molar-refractivity contribution in [3.63, 3.8) is 0 Å². The van der Waals surface area contributed by atoms with Gasteiger partial charge in [-0.05, 0) is 22.9 Å². The number of hydrogen-bond donors (Lipinski definition) is 0. The summed E-state index contributed by atoms with van der Waals surface area (Å²) in [6, 6.07) is 14.7. The Balaban J connectivity index is 1.70. The summed E-state index contributed by atoms with van der Waals surface area (Å²) in [5.74, 6) is -0.810. The highest BCUT2D eigenvalue weighted by atomic mass is 16.5. The van der Waals surface area contributed by atoms with Crippen molar-refractivity contribution < 1.29 is 18.7 Å². The Morgan fingerprint density at radius 1 is 0.952 bits per heavy atom. The third kappa shape index (κ3) is 2.84. The molecule has 0 amide bonds. The second kappa shape index (κ2) is 5.63. The molecule has 0 aliphatic rings. The number of Topliss-reactive ketones (excluding diaryl/α,β-unsaturated/α-hetero) is 1. The molecule has 0 saturated carbocycles. The van der Waals surface area contributed by atoms with Crippen molar-refractivity contribution in [1.82, 2.24) is 0 Å². The first kappa shape index (κ1) is 13.1. The van der Waals surface area contributed by atoms with Crippen molar-refractivity contribution in [2.75, 3.05) is 6.61 Å². The number of fused-ring (bicyclic) bond motifs is 1. The van der Waals surface area contributed by atoms with Crippen LogP contribution in [0.2, 0.25) is 0 Å². The molecule has 3 rings (SSSR count). The molecule has 1 aromatic heterocycles. The molecule has 2 aromatic carbocycles. The molecule has 4 nitrogen and oxygen atoms in total. The van der Waals surface area contributed by atoms with Crippen molar-refractivity contribution in [3.8, 4) is 0 Å². The molecule has 0 spiro atoms. The van der Waals surface area contributed by atoms with Crippen LogP contribution in [0.1, 0.15) is 20.7 Å². The van der Waals surface area contributed by atoms with E-state index < -0.39 is 5.97 Å². The number of ketones is 1. The SMILES string of the molecule is O=C(COC(=O)c1ccoc1)c1ccc2ccccc2c1. The van der Waals surface area contributed by atoms with Gasteiger partial charge in [-0.15, -0.1) is 0 Å². The average Bonchev–Trinajstić information content (AvgIpc) is 3.06. The highest BCUT2D eigenvalue weighted by Gasteiger charge is 2.12. The summed E-state index contributed by atoms with van der Waals surface area (Å²) in [5, 5.41) is 2.04. The fourth-order valence-electron chi connectivity index (χ4n) is 2.04. The number of carbonyl (C=O) groups excluding carboxylic acids is 2. The molecule has 0 aliphatic heterocycles. The molecular formula is C17H12O4. The van der Waals surface area contributed by atoms with Crippen LogP contribution >= 0.6 is 0 Å². The van der Waals surface area contributed by atoms with Crippen molar-refractivity contribution >= 4 is 22.5 Å². The van der Waals surface area contributed by atoms with Crippen LogP contribution in [0.5, 0.6) is 0 Å². The molecule has 0 saturated heterocycles. The molecule has 0 radical (unpaired) electrons. The van der Waals surface area contributed by atoms with E-state index in [9.17, 15) is 9.59 Å². The van der Waals surface area contributed by atoms with Crippen molar-refractivity contribution in [1.29, 1.82) is 0 Å². The van der Waals surface area contributed by atoms with E-state index in [1.165, 1.54) is 18.6 Å². The summed E-state index contributed by atoms with van der Waals surface area (Å²) in [4.78, 5) is 23.7. The second-order valence-electron chi connectivity index (χ2n) is 4.57. The Morgan fingerprint density at radius 3 is 2.52 bits per heavy atom. The first-order valence-corrected chi connectivity index (χ1v) is 6.45. The van der Waals surface area contributed by atoms with Gasteiger partial charge in [-0.2, -0.15) is 0 Å². The average molecular weight is 280 g/mol. The molecule has 0 N–H and O–H groups in total. The Morgan fingerprint density at radius 2 is 1.76 bits per heavy atom. The van der Waals surface area contributed by atoms with Gasteiger partial charge in [0, 0.05) is 5.56 Å². The largest absolute Gasteiger partial charge is 0.472 e. The molecule has 0 aliphatic carbocycles. The number of hydrogen-bond acceptors (Lipinski definition) is 4. The minimum atomic E-state index is -0.571. The van der Waals surface area contributed by atoms with Crippen molar-refractivity contribution in [2.24, 2.45) is 0 Å². The zero-order chi connectivity index (χ0) is 14.7. The summed E-state index contributed by atoms with van der Waals surface area (Å²) in [6.07, 6.45) is 2.66. The van der Waals surface area contributed by atoms with Gasteiger partial charge in [-0.3, -0.25) is 4.79 Å². The third-order valence-electron chi connectivity index (χ3n) is 3.16. The van der Waals surface area contributed by atoms with Gasteiger partial charge in [0.25, 0.3) is 0 Å². The Hall–Kier alpha value is -2.88. The van der Waals surface area contributed by atoms with Crippen LogP contribution < -0.4 is 0 Å². The Bertz CT molecular complexity index is 787. The number of benzene rings is 2. The molecule has 0 atom stereocenters. The smallest absolute Gasteiger partial charge is 0.341 e. The summed E-state index contributed by atoms with van der Waals surface area (Å²) in [6.45, 7) is -0.289. The number of ether oxygens (including phenoxy) is 1. The summed E-state index contributed by atoms with van der Waals surface area (Å²) in [7, 11) is 0. The first-order valence-electron chi connectivity index (χ1n) is 6.45. The van der Waals surface area contributed by atoms with E-state index in [0.717, 1.165) is 10.8 Å². The lowest BCUT2D eigenvalue weighted by Crippen LogP contribution is -2.13. The number of esters is 1. The maximum absolute atomic E-state index is 12.1. The van der Waals surface area contributed by atoms with Gasteiger partial charge in [-0.25, -0.2) is 4.79 Å².